The van der Waals surface area contributed by atoms with Crippen LogP contribution in [0.1, 0.15) is 0 Å². The fraction of sp³-hybridized carbons (Fsp3) is 0. The Morgan fingerprint density at radius 3 is 1.00 bits per heavy atom. The third-order valence-electron chi connectivity index (χ3n) is 0. The van der Waals surface area contributed by atoms with Crippen LogP contribution in [0.2, 0.25) is 0 Å². The second-order valence-corrected chi connectivity index (χ2v) is 5.62. The van der Waals surface area contributed by atoms with Gasteiger partial charge in [-0.15, -0.1) is 0 Å². The molecule has 0 rings (SSSR count). The van der Waals surface area contributed by atoms with Crippen LogP contribution in [0.4, 0.5) is 0 Å². The Hall–Kier alpha value is 1.39. The molecule has 30 valence electrons. The van der Waals surface area contributed by atoms with Crippen molar-refractivity contribution in [1.29, 1.82) is 0 Å². The van der Waals surface area contributed by atoms with E-state index in [2.05, 4.69) is 0 Å². The van der Waals surface area contributed by atoms with Crippen molar-refractivity contribution in [1.82, 2.24) is 0 Å². The Labute approximate surface area is 41.6 Å². The Morgan fingerprint density at radius 2 is 1.00 bits per heavy atom. The van der Waals surface area contributed by atoms with Crippen molar-refractivity contribution in [2.24, 2.45) is 0 Å². The van der Waals surface area contributed by atoms with Gasteiger partial charge in [-0.05, 0) is 0 Å². The summed E-state index contributed by atoms with van der Waals surface area (Å²) in [6.45, 7) is 0. The van der Waals surface area contributed by atoms with E-state index in [-0.39, 0.29) is 0 Å². The average Bonchev–Trinajstić information content (AvgIpc) is 0.811. The molecule has 0 bridgehead atoms. The Balaban J connectivity index is 2.32. The quantitative estimate of drug-likeness (QED) is 0.478. The minimum atomic E-state index is -1.33. The first-order chi connectivity index (χ1) is 1.73. The van der Waals surface area contributed by atoms with E-state index in [9.17, 15) is 0 Å². The molecule has 0 unspecified atom stereocenters. The molecule has 0 aromatic heterocycles. The number of rotatable bonds is 0. The van der Waals surface area contributed by atoms with Crippen LogP contribution in [0.25, 0.3) is 0 Å². The number of hydrogen-bond donors (Lipinski definition) is 0. The minimum absolute atomic E-state index is 1.33. The summed E-state index contributed by atoms with van der Waals surface area (Å²) in [6, 6.07) is 0. The van der Waals surface area contributed by atoms with Gasteiger partial charge in [0.15, 0.2) is 0 Å². The van der Waals surface area contributed by atoms with E-state index in [0.717, 1.165) is 0 Å². The molecular formula is Cl3Fe-. The van der Waals surface area contributed by atoms with Crippen LogP contribution in [-0.4, -0.2) is 0 Å². The van der Waals surface area contributed by atoms with Gasteiger partial charge in [0.25, 0.3) is 0 Å². The van der Waals surface area contributed by atoms with Crippen LogP contribution in [0, 0.1) is 0 Å². The zero-order chi connectivity index (χ0) is 3.58. The van der Waals surface area contributed by atoms with Gasteiger partial charge in [0.1, 0.15) is 0 Å². The second-order valence-electron chi connectivity index (χ2n) is 0.152. The van der Waals surface area contributed by atoms with E-state index < -0.39 is 11.2 Å². The summed E-state index contributed by atoms with van der Waals surface area (Å²) in [6.07, 6.45) is 0. The SMILES string of the molecule is [Cl][Fe-]([Cl])[Cl]. The molecule has 0 aliphatic heterocycles. The molecule has 0 aliphatic rings. The van der Waals surface area contributed by atoms with Crippen molar-refractivity contribution in [3.05, 3.63) is 0 Å². The van der Waals surface area contributed by atoms with E-state index >= 15 is 0 Å². The summed E-state index contributed by atoms with van der Waals surface area (Å²) in [5.74, 6) is 0. The Bertz CT molecular complexity index is 8.00. The number of halogens is 3. The third-order valence-corrected chi connectivity index (χ3v) is 0. The predicted octanol–water partition coefficient (Wildman–Crippen LogP) is 2.07. The van der Waals surface area contributed by atoms with Crippen LogP contribution in [0.15, 0.2) is 0 Å². The molecule has 0 atom stereocenters. The fourth-order valence-electron chi connectivity index (χ4n) is 0. The molecule has 0 N–H and O–H groups in total. The summed E-state index contributed by atoms with van der Waals surface area (Å²) < 4.78 is 0. The predicted molar refractivity (Wildman–Crippen MR) is 17.6 cm³/mol. The zero-order valence-electron chi connectivity index (χ0n) is 1.49. The van der Waals surface area contributed by atoms with Crippen LogP contribution >= 0.6 is 30.3 Å². The molecule has 4 heavy (non-hydrogen) atoms. The van der Waals surface area contributed by atoms with Crippen molar-refractivity contribution in [3.8, 4) is 0 Å². The molecule has 0 aromatic carbocycles. The molecule has 0 saturated carbocycles. The van der Waals surface area contributed by atoms with Gasteiger partial charge >= 0.3 is 41.5 Å². The second kappa shape index (κ2) is 2.62. The molecule has 4 heteroatoms. The van der Waals surface area contributed by atoms with Crippen molar-refractivity contribution >= 4 is 30.3 Å². The molecule has 0 radical (unpaired) electrons. The zero-order valence-corrected chi connectivity index (χ0v) is 4.86. The van der Waals surface area contributed by atoms with Crippen LogP contribution in [0.5, 0.6) is 0 Å². The topological polar surface area (TPSA) is 0 Å². The van der Waals surface area contributed by atoms with Gasteiger partial charge in [0.05, 0.1) is 0 Å². The Kier molecular flexibility index (Phi) is 3.53. The van der Waals surface area contributed by atoms with Crippen molar-refractivity contribution in [2.45, 2.75) is 0 Å². The third kappa shape index (κ3) is 10.0. The molecule has 0 aromatic rings. The molecule has 0 heterocycles. The molecule has 0 spiro atoms. The standard InChI is InChI=1S/3ClH.Fe/h3*1H;/q;;;+2/p-3. The number of hydrogen-bond acceptors (Lipinski definition) is 0. The summed E-state index contributed by atoms with van der Waals surface area (Å²) in [5, 5.41) is 0. The van der Waals surface area contributed by atoms with E-state index in [1.165, 1.54) is 0 Å². The molecular weight excluding hydrogens is 162 g/mol. The van der Waals surface area contributed by atoms with E-state index in [1.807, 2.05) is 0 Å². The first-order valence-electron chi connectivity index (χ1n) is 0.401. The van der Waals surface area contributed by atoms with Crippen LogP contribution in [-0.2, 0) is 11.2 Å². The van der Waals surface area contributed by atoms with Gasteiger partial charge in [0.2, 0.25) is 0 Å². The van der Waals surface area contributed by atoms with Gasteiger partial charge in [0, 0.05) is 0 Å². The first-order valence-corrected chi connectivity index (χ1v) is 4.96. The Morgan fingerprint density at radius 1 is 1.00 bits per heavy atom. The molecule has 0 amide bonds. The van der Waals surface area contributed by atoms with Crippen LogP contribution in [0.3, 0.4) is 0 Å². The first kappa shape index (κ1) is 5.39. The van der Waals surface area contributed by atoms with Crippen molar-refractivity contribution in [3.63, 3.8) is 0 Å². The summed E-state index contributed by atoms with van der Waals surface area (Å²) in [7, 11) is 14.7. The van der Waals surface area contributed by atoms with E-state index in [1.54, 1.807) is 0 Å². The summed E-state index contributed by atoms with van der Waals surface area (Å²) in [5.41, 5.74) is 0. The van der Waals surface area contributed by atoms with Crippen molar-refractivity contribution < 1.29 is 11.2 Å². The average molecular weight is 162 g/mol. The van der Waals surface area contributed by atoms with E-state index in [4.69, 9.17) is 30.3 Å². The van der Waals surface area contributed by atoms with Gasteiger partial charge < -0.3 is 0 Å². The van der Waals surface area contributed by atoms with Crippen molar-refractivity contribution in [2.75, 3.05) is 0 Å². The van der Waals surface area contributed by atoms with Gasteiger partial charge in [-0.3, -0.25) is 0 Å². The van der Waals surface area contributed by atoms with Gasteiger partial charge in [-0.25, -0.2) is 0 Å². The maximum atomic E-state index is 4.89. The summed E-state index contributed by atoms with van der Waals surface area (Å²) in [4.78, 5) is 0. The monoisotopic (exact) mass is 161 g/mol. The summed E-state index contributed by atoms with van der Waals surface area (Å²) >= 11 is -1.33. The maximum absolute atomic E-state index is 4.89. The fourth-order valence-corrected chi connectivity index (χ4v) is 0. The van der Waals surface area contributed by atoms with E-state index in [0.29, 0.717) is 0 Å². The molecule has 0 saturated heterocycles. The molecule has 0 fully saturated rings. The molecule has 0 aliphatic carbocycles. The molecule has 0 nitrogen and oxygen atoms in total. The normalized spacial score (nSPS) is 11.2. The van der Waals surface area contributed by atoms with Crippen LogP contribution < -0.4 is 0 Å². The van der Waals surface area contributed by atoms with Gasteiger partial charge in [-0.1, -0.05) is 0 Å². The van der Waals surface area contributed by atoms with Gasteiger partial charge in [-0.2, -0.15) is 0 Å².